The maximum absolute atomic E-state index is 11.6. The Labute approximate surface area is 91.1 Å². The Bertz CT molecular complexity index is 196. The van der Waals surface area contributed by atoms with E-state index < -0.39 is 0 Å². The van der Waals surface area contributed by atoms with Gasteiger partial charge in [0.1, 0.15) is 6.61 Å². The average Bonchev–Trinajstić information content (AvgIpc) is 2.72. The molecule has 0 aromatic rings. The van der Waals surface area contributed by atoms with Crippen LogP contribution in [0.25, 0.3) is 0 Å². The van der Waals surface area contributed by atoms with Gasteiger partial charge in [-0.25, -0.2) is 0 Å². The van der Waals surface area contributed by atoms with Crippen LogP contribution in [0.15, 0.2) is 0 Å². The highest BCUT2D eigenvalue weighted by Gasteiger charge is 2.32. The summed E-state index contributed by atoms with van der Waals surface area (Å²) in [6.07, 6.45) is 3.07. The molecule has 0 aliphatic heterocycles. The number of hydrogen-bond acceptors (Lipinski definition) is 4. The first-order chi connectivity index (χ1) is 7.29. The number of esters is 1. The monoisotopic (exact) mass is 215 g/mol. The maximum atomic E-state index is 11.6. The van der Waals surface area contributed by atoms with Gasteiger partial charge in [0.15, 0.2) is 0 Å². The van der Waals surface area contributed by atoms with Crippen molar-refractivity contribution < 1.29 is 14.3 Å². The molecule has 1 rings (SSSR count). The fourth-order valence-corrected chi connectivity index (χ4v) is 2.08. The molecule has 2 unspecified atom stereocenters. The van der Waals surface area contributed by atoms with Crippen LogP contribution in [0.2, 0.25) is 0 Å². The smallest absolute Gasteiger partial charge is 0.309 e. The lowest BCUT2D eigenvalue weighted by Gasteiger charge is -2.16. The van der Waals surface area contributed by atoms with Crippen molar-refractivity contribution in [1.82, 2.24) is 0 Å². The molecule has 1 aliphatic carbocycles. The van der Waals surface area contributed by atoms with Crippen LogP contribution in [-0.2, 0) is 14.3 Å². The quantitative estimate of drug-likeness (QED) is 0.529. The summed E-state index contributed by atoms with van der Waals surface area (Å²) in [7, 11) is 0. The highest BCUT2D eigenvalue weighted by Crippen LogP contribution is 2.31. The lowest BCUT2D eigenvalue weighted by molar-refractivity contribution is -0.151. The van der Waals surface area contributed by atoms with Crippen LogP contribution < -0.4 is 5.73 Å². The van der Waals surface area contributed by atoms with Gasteiger partial charge in [-0.1, -0.05) is 6.42 Å². The topological polar surface area (TPSA) is 61.5 Å². The first kappa shape index (κ1) is 12.5. The van der Waals surface area contributed by atoms with Crippen LogP contribution in [0, 0.1) is 11.8 Å². The third-order valence-corrected chi connectivity index (χ3v) is 2.94. The van der Waals surface area contributed by atoms with E-state index >= 15 is 0 Å². The number of rotatable bonds is 6. The summed E-state index contributed by atoms with van der Waals surface area (Å²) in [4.78, 5) is 11.6. The number of hydrogen-bond donors (Lipinski definition) is 1. The first-order valence-electron chi connectivity index (χ1n) is 5.74. The van der Waals surface area contributed by atoms with Crippen LogP contribution in [0.5, 0.6) is 0 Å². The summed E-state index contributed by atoms with van der Waals surface area (Å²) in [5.74, 6) is 0.254. The van der Waals surface area contributed by atoms with E-state index in [9.17, 15) is 4.79 Å². The van der Waals surface area contributed by atoms with Crippen molar-refractivity contribution in [3.05, 3.63) is 0 Å². The molecule has 1 fully saturated rings. The molecule has 0 saturated heterocycles. The van der Waals surface area contributed by atoms with Crippen molar-refractivity contribution in [2.75, 3.05) is 26.4 Å². The summed E-state index contributed by atoms with van der Waals surface area (Å²) in [6, 6.07) is 0. The average molecular weight is 215 g/mol. The van der Waals surface area contributed by atoms with Gasteiger partial charge in [0.05, 0.1) is 12.5 Å². The van der Waals surface area contributed by atoms with Gasteiger partial charge < -0.3 is 15.2 Å². The Morgan fingerprint density at radius 1 is 1.40 bits per heavy atom. The summed E-state index contributed by atoms with van der Waals surface area (Å²) in [6.45, 7) is 4.02. The number of nitrogens with two attached hydrogens (primary N) is 1. The predicted octanol–water partition coefficient (Wildman–Crippen LogP) is 0.941. The summed E-state index contributed by atoms with van der Waals surface area (Å²) >= 11 is 0. The molecule has 2 atom stereocenters. The fourth-order valence-electron chi connectivity index (χ4n) is 2.08. The van der Waals surface area contributed by atoms with Crippen molar-refractivity contribution in [3.8, 4) is 0 Å². The van der Waals surface area contributed by atoms with Gasteiger partial charge >= 0.3 is 5.97 Å². The molecule has 0 spiro atoms. The summed E-state index contributed by atoms with van der Waals surface area (Å²) < 4.78 is 10.2. The van der Waals surface area contributed by atoms with Gasteiger partial charge in [-0.3, -0.25) is 4.79 Å². The van der Waals surface area contributed by atoms with Crippen molar-refractivity contribution in [3.63, 3.8) is 0 Å². The molecule has 4 nitrogen and oxygen atoms in total. The zero-order valence-corrected chi connectivity index (χ0v) is 9.41. The van der Waals surface area contributed by atoms with Crippen LogP contribution >= 0.6 is 0 Å². The predicted molar refractivity (Wildman–Crippen MR) is 57.3 cm³/mol. The molecular weight excluding hydrogens is 194 g/mol. The van der Waals surface area contributed by atoms with E-state index in [1.807, 2.05) is 6.92 Å². The van der Waals surface area contributed by atoms with Crippen molar-refractivity contribution in [2.24, 2.45) is 17.6 Å². The van der Waals surface area contributed by atoms with E-state index in [0.717, 1.165) is 19.3 Å². The van der Waals surface area contributed by atoms with Gasteiger partial charge in [0, 0.05) is 6.61 Å². The van der Waals surface area contributed by atoms with Crippen LogP contribution in [0.1, 0.15) is 26.2 Å². The van der Waals surface area contributed by atoms with E-state index in [1.54, 1.807) is 0 Å². The second-order valence-corrected chi connectivity index (χ2v) is 3.90. The summed E-state index contributed by atoms with van der Waals surface area (Å²) in [5, 5.41) is 0. The molecule has 0 amide bonds. The minimum Gasteiger partial charge on any atom is -0.463 e. The Morgan fingerprint density at radius 3 is 2.87 bits per heavy atom. The van der Waals surface area contributed by atoms with Gasteiger partial charge in [0.2, 0.25) is 0 Å². The van der Waals surface area contributed by atoms with E-state index in [1.165, 1.54) is 0 Å². The second kappa shape index (κ2) is 6.80. The fraction of sp³-hybridized carbons (Fsp3) is 0.909. The highest BCUT2D eigenvalue weighted by atomic mass is 16.6. The molecule has 0 radical (unpaired) electrons. The standard InChI is InChI=1S/C11H21NO3/c1-2-14-6-7-15-11(13)10-5-3-4-9(10)8-12/h9-10H,2-8,12H2,1H3. The van der Waals surface area contributed by atoms with E-state index in [0.29, 0.717) is 32.3 Å². The zero-order chi connectivity index (χ0) is 11.1. The molecule has 2 N–H and O–H groups in total. The molecule has 1 saturated carbocycles. The third kappa shape index (κ3) is 3.80. The molecule has 0 aromatic carbocycles. The molecule has 15 heavy (non-hydrogen) atoms. The van der Waals surface area contributed by atoms with Crippen LogP contribution in [-0.4, -0.2) is 32.3 Å². The van der Waals surface area contributed by atoms with Gasteiger partial charge in [-0.2, -0.15) is 0 Å². The van der Waals surface area contributed by atoms with E-state index in [-0.39, 0.29) is 11.9 Å². The largest absolute Gasteiger partial charge is 0.463 e. The molecule has 88 valence electrons. The lowest BCUT2D eigenvalue weighted by atomic mass is 9.96. The first-order valence-corrected chi connectivity index (χ1v) is 5.74. The number of carbonyl (C=O) groups excluding carboxylic acids is 1. The van der Waals surface area contributed by atoms with Crippen LogP contribution in [0.3, 0.4) is 0 Å². The lowest BCUT2D eigenvalue weighted by Crippen LogP contribution is -2.27. The number of ether oxygens (including phenoxy) is 2. The van der Waals surface area contributed by atoms with Crippen molar-refractivity contribution in [1.29, 1.82) is 0 Å². The minimum absolute atomic E-state index is 0.0247. The molecule has 0 bridgehead atoms. The van der Waals surface area contributed by atoms with Gasteiger partial charge in [0.25, 0.3) is 0 Å². The maximum Gasteiger partial charge on any atom is 0.309 e. The molecule has 0 aromatic heterocycles. The SMILES string of the molecule is CCOCCOC(=O)C1CCCC1CN. The zero-order valence-electron chi connectivity index (χ0n) is 9.41. The van der Waals surface area contributed by atoms with E-state index in [2.05, 4.69) is 0 Å². The van der Waals surface area contributed by atoms with Gasteiger partial charge in [-0.15, -0.1) is 0 Å². The molecule has 4 heteroatoms. The molecular formula is C11H21NO3. The van der Waals surface area contributed by atoms with Crippen molar-refractivity contribution in [2.45, 2.75) is 26.2 Å². The van der Waals surface area contributed by atoms with Crippen molar-refractivity contribution >= 4 is 5.97 Å². The Hall–Kier alpha value is -0.610. The summed E-state index contributed by atoms with van der Waals surface area (Å²) in [5.41, 5.74) is 5.61. The second-order valence-electron chi connectivity index (χ2n) is 3.90. The molecule has 0 heterocycles. The molecule has 1 aliphatic rings. The highest BCUT2D eigenvalue weighted by molar-refractivity contribution is 5.73. The number of carbonyl (C=O) groups is 1. The Balaban J connectivity index is 2.21. The van der Waals surface area contributed by atoms with E-state index in [4.69, 9.17) is 15.2 Å². The third-order valence-electron chi connectivity index (χ3n) is 2.94. The normalized spacial score (nSPS) is 25.5. The Kier molecular flexibility index (Phi) is 5.65. The van der Waals surface area contributed by atoms with Gasteiger partial charge in [-0.05, 0) is 32.2 Å². The van der Waals surface area contributed by atoms with Crippen LogP contribution in [0.4, 0.5) is 0 Å². The minimum atomic E-state index is -0.0948. The Morgan fingerprint density at radius 2 is 2.20 bits per heavy atom.